The molecule has 1 heterocycles. The summed E-state index contributed by atoms with van der Waals surface area (Å²) in [4.78, 5) is 36.2. The van der Waals surface area contributed by atoms with Crippen LogP contribution in [0.25, 0.3) is 0 Å². The van der Waals surface area contributed by atoms with Gasteiger partial charge < -0.3 is 9.84 Å². The van der Waals surface area contributed by atoms with Crippen LogP contribution in [0.15, 0.2) is 47.4 Å². The quantitative estimate of drug-likeness (QED) is 0.541. The zero-order valence-electron chi connectivity index (χ0n) is 14.6. The Morgan fingerprint density at radius 3 is 2.21 bits per heavy atom. The Bertz CT molecular complexity index is 1040. The molecule has 146 valence electrons. The van der Waals surface area contributed by atoms with E-state index in [1.54, 1.807) is 12.1 Å². The van der Waals surface area contributed by atoms with E-state index in [2.05, 4.69) is 0 Å². The van der Waals surface area contributed by atoms with Crippen LogP contribution in [0.4, 0.5) is 0 Å². The van der Waals surface area contributed by atoms with Gasteiger partial charge in [0.25, 0.3) is 21.9 Å². The number of amides is 2. The van der Waals surface area contributed by atoms with Crippen molar-refractivity contribution in [3.63, 3.8) is 0 Å². The highest BCUT2D eigenvalue weighted by molar-refractivity contribution is 7.86. The van der Waals surface area contributed by atoms with Gasteiger partial charge in [-0.05, 0) is 30.3 Å². The number of carbonyl (C=O) groups is 3. The summed E-state index contributed by atoms with van der Waals surface area (Å²) in [6, 6.07) is 9.53. The highest BCUT2D eigenvalue weighted by atomic mass is 32.2. The molecule has 28 heavy (non-hydrogen) atoms. The van der Waals surface area contributed by atoms with E-state index in [4.69, 9.17) is 14.0 Å². The number of ether oxygens (including phenoxy) is 1. The minimum absolute atomic E-state index is 0.00234. The molecule has 0 saturated carbocycles. The molecule has 2 aromatic carbocycles. The number of rotatable bonds is 7. The lowest BCUT2D eigenvalue weighted by Crippen LogP contribution is -2.33. The lowest BCUT2D eigenvalue weighted by Gasteiger charge is -2.14. The van der Waals surface area contributed by atoms with Crippen molar-refractivity contribution in [1.29, 1.82) is 0 Å². The van der Waals surface area contributed by atoms with Crippen LogP contribution in [0, 0.1) is 0 Å². The fourth-order valence-corrected chi connectivity index (χ4v) is 3.69. The number of aromatic carboxylic acids is 1. The van der Waals surface area contributed by atoms with Gasteiger partial charge in [0.2, 0.25) is 0 Å². The summed E-state index contributed by atoms with van der Waals surface area (Å²) >= 11 is 0. The molecule has 0 aliphatic carbocycles. The minimum atomic E-state index is -4.30. The van der Waals surface area contributed by atoms with Crippen molar-refractivity contribution in [2.75, 3.05) is 20.3 Å². The molecule has 3 rings (SSSR count). The van der Waals surface area contributed by atoms with Gasteiger partial charge in [0.1, 0.15) is 11.3 Å². The molecule has 0 bridgehead atoms. The van der Waals surface area contributed by atoms with Crippen LogP contribution in [0.2, 0.25) is 0 Å². The number of imide groups is 1. The van der Waals surface area contributed by atoms with E-state index in [1.165, 1.54) is 25.3 Å². The van der Waals surface area contributed by atoms with Crippen molar-refractivity contribution >= 4 is 27.9 Å². The Morgan fingerprint density at radius 2 is 1.68 bits per heavy atom. The molecule has 0 fully saturated rings. The average molecular weight is 405 g/mol. The van der Waals surface area contributed by atoms with E-state index in [0.29, 0.717) is 0 Å². The first-order valence-electron chi connectivity index (χ1n) is 8.02. The molecular formula is C18H15NO8S. The average Bonchev–Trinajstić information content (AvgIpc) is 2.92. The van der Waals surface area contributed by atoms with Crippen molar-refractivity contribution in [2.24, 2.45) is 0 Å². The van der Waals surface area contributed by atoms with Gasteiger partial charge in [-0.2, -0.15) is 8.42 Å². The van der Waals surface area contributed by atoms with E-state index in [0.717, 1.165) is 17.0 Å². The van der Waals surface area contributed by atoms with E-state index < -0.39 is 34.5 Å². The fraction of sp³-hybridized carbons (Fsp3) is 0.167. The zero-order chi connectivity index (χ0) is 20.5. The monoisotopic (exact) mass is 405 g/mol. The molecule has 1 aliphatic heterocycles. The molecule has 0 unspecified atom stereocenters. The third-order valence-electron chi connectivity index (χ3n) is 4.12. The Balaban J connectivity index is 1.71. The maximum absolute atomic E-state index is 12.3. The predicted octanol–water partition coefficient (Wildman–Crippen LogP) is 1.39. The number of hydrogen-bond acceptors (Lipinski definition) is 7. The van der Waals surface area contributed by atoms with Crippen molar-refractivity contribution in [3.05, 3.63) is 59.2 Å². The second-order valence-corrected chi connectivity index (χ2v) is 7.37. The first kappa shape index (κ1) is 19.5. The highest BCUT2D eigenvalue weighted by Gasteiger charge is 2.35. The van der Waals surface area contributed by atoms with Crippen LogP contribution >= 0.6 is 0 Å². The molecule has 2 amide bonds. The normalized spacial score (nSPS) is 13.5. The number of carboxylic acid groups (broad SMARTS) is 1. The number of nitrogens with zero attached hydrogens (tertiary/aromatic N) is 1. The maximum Gasteiger partial charge on any atom is 0.339 e. The highest BCUT2D eigenvalue weighted by Crippen LogP contribution is 2.25. The van der Waals surface area contributed by atoms with Crippen molar-refractivity contribution in [3.8, 4) is 5.75 Å². The Labute approximate surface area is 160 Å². The smallest absolute Gasteiger partial charge is 0.339 e. The van der Waals surface area contributed by atoms with Crippen LogP contribution in [0.5, 0.6) is 5.75 Å². The summed E-state index contributed by atoms with van der Waals surface area (Å²) in [6.45, 7) is -0.740. The third-order valence-corrected chi connectivity index (χ3v) is 5.43. The number of fused-ring (bicyclic) bond motifs is 1. The molecule has 1 aliphatic rings. The lowest BCUT2D eigenvalue weighted by molar-refractivity contribution is 0.0629. The van der Waals surface area contributed by atoms with Crippen LogP contribution in [-0.4, -0.2) is 56.5 Å². The van der Waals surface area contributed by atoms with E-state index >= 15 is 0 Å². The van der Waals surface area contributed by atoms with Crippen LogP contribution in [0.1, 0.15) is 31.1 Å². The molecule has 0 aromatic heterocycles. The molecule has 0 spiro atoms. The second kappa shape index (κ2) is 7.41. The minimum Gasteiger partial charge on any atom is -0.496 e. The fourth-order valence-electron chi connectivity index (χ4n) is 2.76. The summed E-state index contributed by atoms with van der Waals surface area (Å²) in [5.41, 5.74) is 0.153. The van der Waals surface area contributed by atoms with E-state index in [-0.39, 0.29) is 33.9 Å². The SMILES string of the molecule is COc1ccc(S(=O)(=O)OCCN2C(=O)c3ccccc3C2=O)cc1C(=O)O. The molecule has 9 nitrogen and oxygen atoms in total. The standard InChI is InChI=1S/C18H15NO8S/c1-26-15-7-6-11(10-14(15)18(22)23)28(24,25)27-9-8-19-16(20)12-4-2-3-5-13(12)17(19)21/h2-7,10H,8-9H2,1H3,(H,22,23). The topological polar surface area (TPSA) is 127 Å². The van der Waals surface area contributed by atoms with Crippen molar-refractivity contribution in [1.82, 2.24) is 4.90 Å². The summed E-state index contributed by atoms with van der Waals surface area (Å²) in [6.07, 6.45) is 0. The summed E-state index contributed by atoms with van der Waals surface area (Å²) in [7, 11) is -3.05. The lowest BCUT2D eigenvalue weighted by atomic mass is 10.1. The van der Waals surface area contributed by atoms with Crippen molar-refractivity contribution < 1.29 is 36.8 Å². The maximum atomic E-state index is 12.3. The van der Waals surface area contributed by atoms with Crippen LogP contribution < -0.4 is 4.74 Å². The van der Waals surface area contributed by atoms with Gasteiger partial charge in [-0.1, -0.05) is 12.1 Å². The largest absolute Gasteiger partial charge is 0.496 e. The number of benzene rings is 2. The Hall–Kier alpha value is -3.24. The molecule has 1 N–H and O–H groups in total. The van der Waals surface area contributed by atoms with Gasteiger partial charge in [-0.25, -0.2) is 4.79 Å². The predicted molar refractivity (Wildman–Crippen MR) is 94.9 cm³/mol. The number of hydrogen-bond donors (Lipinski definition) is 1. The first-order chi connectivity index (χ1) is 13.3. The van der Waals surface area contributed by atoms with Gasteiger partial charge in [0.15, 0.2) is 0 Å². The molecule has 0 radical (unpaired) electrons. The molecule has 10 heteroatoms. The molecule has 0 saturated heterocycles. The number of methoxy groups -OCH3 is 1. The van der Waals surface area contributed by atoms with Gasteiger partial charge in [-0.15, -0.1) is 0 Å². The summed E-state index contributed by atoms with van der Waals surface area (Å²) < 4.78 is 34.4. The van der Waals surface area contributed by atoms with Crippen LogP contribution in [-0.2, 0) is 14.3 Å². The zero-order valence-corrected chi connectivity index (χ0v) is 15.4. The molecule has 0 atom stereocenters. The molecule has 2 aromatic rings. The number of carbonyl (C=O) groups excluding carboxylic acids is 2. The Morgan fingerprint density at radius 1 is 1.07 bits per heavy atom. The summed E-state index contributed by atoms with van der Waals surface area (Å²) in [5, 5.41) is 9.15. The van der Waals surface area contributed by atoms with Gasteiger partial charge in [0.05, 0.1) is 36.3 Å². The van der Waals surface area contributed by atoms with Gasteiger partial charge in [0, 0.05) is 0 Å². The van der Waals surface area contributed by atoms with Crippen LogP contribution in [0.3, 0.4) is 0 Å². The number of carboxylic acids is 1. The second-order valence-electron chi connectivity index (χ2n) is 5.75. The third kappa shape index (κ3) is 3.47. The van der Waals surface area contributed by atoms with E-state index in [9.17, 15) is 22.8 Å². The Kier molecular flexibility index (Phi) is 5.16. The molecular weight excluding hydrogens is 390 g/mol. The van der Waals surface area contributed by atoms with Gasteiger partial charge in [-0.3, -0.25) is 18.7 Å². The van der Waals surface area contributed by atoms with E-state index in [1.807, 2.05) is 0 Å². The first-order valence-corrected chi connectivity index (χ1v) is 9.43. The van der Waals surface area contributed by atoms with Gasteiger partial charge >= 0.3 is 5.97 Å². The summed E-state index contributed by atoms with van der Waals surface area (Å²) in [5.74, 6) is -2.42. The van der Waals surface area contributed by atoms with Crippen molar-refractivity contribution in [2.45, 2.75) is 4.90 Å².